The minimum Gasteiger partial charge on any atom is -0.497 e. The molecule has 5 heteroatoms. The lowest BCUT2D eigenvalue weighted by atomic mass is 10.3. The van der Waals surface area contributed by atoms with Gasteiger partial charge in [-0.05, 0) is 72.8 Å². The van der Waals surface area contributed by atoms with Gasteiger partial charge in [0.1, 0.15) is 40.4 Å². The molecule has 0 radical (unpaired) electrons. The Morgan fingerprint density at radius 2 is 0.857 bits per heavy atom. The molecule has 0 fully saturated rings. The van der Waals surface area contributed by atoms with Crippen LogP contribution in [-0.4, -0.2) is 39.2 Å². The van der Waals surface area contributed by atoms with Gasteiger partial charge in [0, 0.05) is 0 Å². The zero-order valence-electron chi connectivity index (χ0n) is 16.5. The highest BCUT2D eigenvalue weighted by Gasteiger charge is 2.45. The molecule has 0 atom stereocenters. The van der Waals surface area contributed by atoms with Crippen LogP contribution in [0.5, 0.6) is 17.2 Å². The number of hydrogen-bond acceptors (Lipinski definition) is 4. The minimum atomic E-state index is -2.06. The van der Waals surface area contributed by atoms with Gasteiger partial charge in [-0.25, -0.2) is 0 Å². The van der Waals surface area contributed by atoms with Crippen molar-refractivity contribution in [1.29, 1.82) is 0 Å². The molecule has 3 aromatic carbocycles. The van der Waals surface area contributed by atoms with Crippen LogP contribution >= 0.6 is 7.26 Å². The lowest BCUT2D eigenvalue weighted by Gasteiger charge is -2.27. The smallest absolute Gasteiger partial charge is 0.119 e. The van der Waals surface area contributed by atoms with E-state index >= 15 is 0 Å². The molecule has 0 saturated heterocycles. The largest absolute Gasteiger partial charge is 0.497 e. The second-order valence-electron chi connectivity index (χ2n) is 6.35. The fourth-order valence-electron chi connectivity index (χ4n) is 3.49. The molecular weight excluding hydrogens is 371 g/mol. The molecule has 28 heavy (non-hydrogen) atoms. The number of aliphatic hydroxyl groups excluding tert-OH is 1. The molecule has 0 spiro atoms. The Morgan fingerprint density at radius 1 is 0.571 bits per heavy atom. The van der Waals surface area contributed by atoms with E-state index in [1.54, 1.807) is 21.3 Å². The molecule has 0 aliphatic carbocycles. The van der Waals surface area contributed by atoms with Crippen molar-refractivity contribution in [2.75, 3.05) is 34.1 Å². The summed E-state index contributed by atoms with van der Waals surface area (Å²) in [7, 11) is 2.93. The molecule has 0 bridgehead atoms. The number of methoxy groups -OCH3 is 3. The third-order valence-corrected chi connectivity index (χ3v) is 9.38. The summed E-state index contributed by atoms with van der Waals surface area (Å²) in [6.07, 6.45) is 0.651. The average Bonchev–Trinajstić information content (AvgIpc) is 2.78. The highest BCUT2D eigenvalue weighted by Crippen LogP contribution is 2.55. The van der Waals surface area contributed by atoms with Crippen molar-refractivity contribution in [2.45, 2.75) is 0 Å². The van der Waals surface area contributed by atoms with Crippen LogP contribution in [0.25, 0.3) is 0 Å². The molecule has 0 heterocycles. The van der Waals surface area contributed by atoms with Crippen molar-refractivity contribution < 1.29 is 19.3 Å². The molecule has 4 nitrogen and oxygen atoms in total. The van der Waals surface area contributed by atoms with Crippen LogP contribution in [-0.2, 0) is 0 Å². The van der Waals surface area contributed by atoms with Crippen LogP contribution in [0.15, 0.2) is 72.8 Å². The van der Waals surface area contributed by atoms with Crippen LogP contribution in [0.2, 0.25) is 0 Å². The summed E-state index contributed by atoms with van der Waals surface area (Å²) in [6, 6.07) is 24.5. The first-order chi connectivity index (χ1) is 13.7. The Labute approximate surface area is 167 Å². The van der Waals surface area contributed by atoms with E-state index in [0.717, 1.165) is 17.2 Å². The zero-order valence-corrected chi connectivity index (χ0v) is 17.4. The van der Waals surface area contributed by atoms with Crippen LogP contribution < -0.4 is 30.1 Å². The maximum absolute atomic E-state index is 10.0. The van der Waals surface area contributed by atoms with Gasteiger partial charge in [-0.1, -0.05) is 0 Å². The number of rotatable bonds is 8. The topological polar surface area (TPSA) is 47.9 Å². The Morgan fingerprint density at radius 3 is 1.07 bits per heavy atom. The zero-order chi connectivity index (χ0) is 20.0. The molecule has 0 unspecified atom stereocenters. The fraction of sp³-hybridized carbons (Fsp3) is 0.217. The summed E-state index contributed by atoms with van der Waals surface area (Å²) in [5.74, 6) is 2.45. The fourth-order valence-corrected chi connectivity index (χ4v) is 7.44. The Hall–Kier alpha value is -2.55. The molecular formula is C23H26O4P+. The maximum atomic E-state index is 10.0. The van der Waals surface area contributed by atoms with E-state index in [2.05, 4.69) is 36.4 Å². The van der Waals surface area contributed by atoms with Gasteiger partial charge in [0.15, 0.2) is 0 Å². The Bertz CT molecular complexity index is 758. The van der Waals surface area contributed by atoms with E-state index in [9.17, 15) is 5.11 Å². The molecule has 0 saturated carbocycles. The quantitative estimate of drug-likeness (QED) is 0.594. The van der Waals surface area contributed by atoms with Gasteiger partial charge in [-0.2, -0.15) is 0 Å². The maximum Gasteiger partial charge on any atom is 0.119 e. The Balaban J connectivity index is 2.23. The Kier molecular flexibility index (Phi) is 6.56. The van der Waals surface area contributed by atoms with E-state index in [1.807, 2.05) is 36.4 Å². The monoisotopic (exact) mass is 397 g/mol. The predicted octanol–water partition coefficient (Wildman–Crippen LogP) is 3.00. The van der Waals surface area contributed by atoms with Crippen molar-refractivity contribution in [3.63, 3.8) is 0 Å². The first kappa shape index (κ1) is 20.2. The summed E-state index contributed by atoms with van der Waals surface area (Å²) in [5, 5.41) is 13.6. The SMILES string of the molecule is COc1ccc([P+](CCO)(c2ccc(OC)cc2)c2ccc(OC)cc2)cc1. The predicted molar refractivity (Wildman–Crippen MR) is 117 cm³/mol. The van der Waals surface area contributed by atoms with Crippen molar-refractivity contribution >= 4 is 23.2 Å². The van der Waals surface area contributed by atoms with Crippen LogP contribution in [0.4, 0.5) is 0 Å². The van der Waals surface area contributed by atoms with Gasteiger partial charge in [-0.3, -0.25) is 0 Å². The number of aliphatic hydroxyl groups is 1. The highest BCUT2D eigenvalue weighted by atomic mass is 31.2. The lowest BCUT2D eigenvalue weighted by molar-refractivity contribution is 0.321. The minimum absolute atomic E-state index is 0.0951. The second kappa shape index (κ2) is 9.09. The van der Waals surface area contributed by atoms with Crippen molar-refractivity contribution in [3.8, 4) is 17.2 Å². The molecule has 0 aliphatic rings. The van der Waals surface area contributed by atoms with Gasteiger partial charge in [-0.15, -0.1) is 0 Å². The van der Waals surface area contributed by atoms with Crippen LogP contribution in [0.1, 0.15) is 0 Å². The van der Waals surface area contributed by atoms with Crippen molar-refractivity contribution in [1.82, 2.24) is 0 Å². The van der Waals surface area contributed by atoms with E-state index in [1.165, 1.54) is 15.9 Å². The first-order valence-corrected chi connectivity index (χ1v) is 11.1. The molecule has 1 N–H and O–H groups in total. The third-order valence-electron chi connectivity index (χ3n) is 4.97. The second-order valence-corrected chi connectivity index (χ2v) is 9.97. The van der Waals surface area contributed by atoms with Gasteiger partial charge in [0.2, 0.25) is 0 Å². The van der Waals surface area contributed by atoms with Gasteiger partial charge < -0.3 is 19.3 Å². The van der Waals surface area contributed by atoms with Gasteiger partial charge in [0.25, 0.3) is 0 Å². The number of benzene rings is 3. The van der Waals surface area contributed by atoms with E-state index < -0.39 is 7.26 Å². The van der Waals surface area contributed by atoms with Crippen molar-refractivity contribution in [2.24, 2.45) is 0 Å². The first-order valence-electron chi connectivity index (χ1n) is 9.10. The summed E-state index contributed by atoms with van der Waals surface area (Å²) in [4.78, 5) is 0. The van der Waals surface area contributed by atoms with Gasteiger partial charge in [0.05, 0.1) is 34.1 Å². The standard InChI is InChI=1S/C23H26O4P/c1-25-18-4-10-21(11-5-18)28(17-16-24,22-12-6-19(26-2)7-13-22)23-14-8-20(27-3)9-15-23/h4-15,24H,16-17H2,1-3H3/q+1. The lowest BCUT2D eigenvalue weighted by Crippen LogP contribution is -2.34. The summed E-state index contributed by atoms with van der Waals surface area (Å²) >= 11 is 0. The molecule has 0 amide bonds. The van der Waals surface area contributed by atoms with E-state index in [-0.39, 0.29) is 6.61 Å². The molecule has 0 aromatic heterocycles. The summed E-state index contributed by atoms with van der Waals surface area (Å²) in [6.45, 7) is 0.0951. The summed E-state index contributed by atoms with van der Waals surface area (Å²) < 4.78 is 16.0. The normalized spacial score (nSPS) is 11.1. The average molecular weight is 397 g/mol. The molecule has 3 rings (SSSR count). The van der Waals surface area contributed by atoms with Crippen LogP contribution in [0, 0.1) is 0 Å². The van der Waals surface area contributed by atoms with Gasteiger partial charge >= 0.3 is 0 Å². The highest BCUT2D eigenvalue weighted by molar-refractivity contribution is 7.95. The van der Waals surface area contributed by atoms with Crippen LogP contribution in [0.3, 0.4) is 0 Å². The van der Waals surface area contributed by atoms with E-state index in [0.29, 0.717) is 6.16 Å². The van der Waals surface area contributed by atoms with E-state index in [4.69, 9.17) is 14.2 Å². The molecule has 146 valence electrons. The number of ether oxygens (including phenoxy) is 3. The molecule has 3 aromatic rings. The molecule has 0 aliphatic heterocycles. The number of hydrogen-bond donors (Lipinski definition) is 1. The summed E-state index contributed by atoms with van der Waals surface area (Å²) in [5.41, 5.74) is 0. The third kappa shape index (κ3) is 3.84. The van der Waals surface area contributed by atoms with Crippen molar-refractivity contribution in [3.05, 3.63) is 72.8 Å².